The fraction of sp³-hybridized carbons (Fsp3) is 0.333. The molecule has 0 heterocycles. The molecule has 0 saturated heterocycles. The maximum Gasteiger partial charge on any atom is 0.119 e. The van der Waals surface area contributed by atoms with Crippen molar-refractivity contribution >= 4 is 0 Å². The summed E-state index contributed by atoms with van der Waals surface area (Å²) in [6.45, 7) is 4.97. The lowest BCUT2D eigenvalue weighted by molar-refractivity contribution is 0.362. The van der Waals surface area contributed by atoms with E-state index in [1.807, 2.05) is 30.3 Å². The van der Waals surface area contributed by atoms with Crippen molar-refractivity contribution in [1.29, 1.82) is 0 Å². The van der Waals surface area contributed by atoms with Crippen LogP contribution in [0.2, 0.25) is 0 Å². The number of unbranched alkanes of at least 4 members (excludes halogenated alkanes) is 2. The Balaban J connectivity index is 1.88. The molecule has 1 heteroatoms. The van der Waals surface area contributed by atoms with Gasteiger partial charge in [-0.2, -0.15) is 0 Å². The molecular formula is C24H28O. The number of ether oxygens (including phenoxy) is 1. The number of allylic oxidation sites excluding steroid dienone is 1. The molecule has 0 aliphatic carbocycles. The first-order chi connectivity index (χ1) is 12.3. The molecule has 2 rings (SSSR count). The lowest BCUT2D eigenvalue weighted by atomic mass is 10.1. The predicted molar refractivity (Wildman–Crippen MR) is 107 cm³/mol. The zero-order valence-corrected chi connectivity index (χ0v) is 15.4. The topological polar surface area (TPSA) is 9.23 Å². The average Bonchev–Trinajstić information content (AvgIpc) is 2.66. The maximum absolute atomic E-state index is 5.64. The maximum atomic E-state index is 5.64. The van der Waals surface area contributed by atoms with Gasteiger partial charge in [-0.25, -0.2) is 0 Å². The van der Waals surface area contributed by atoms with Crippen LogP contribution in [0.25, 0.3) is 0 Å². The highest BCUT2D eigenvalue weighted by molar-refractivity contribution is 5.44. The van der Waals surface area contributed by atoms with Crippen LogP contribution in [0.4, 0.5) is 0 Å². The molecule has 0 N–H and O–H groups in total. The molecule has 0 atom stereocenters. The van der Waals surface area contributed by atoms with Crippen LogP contribution in [0.5, 0.6) is 5.75 Å². The fourth-order valence-electron chi connectivity index (χ4n) is 2.49. The Bertz CT molecular complexity index is 697. The Morgan fingerprint density at radius 1 is 0.800 bits per heavy atom. The third-order valence-corrected chi connectivity index (χ3v) is 3.98. The molecule has 2 aromatic rings. The van der Waals surface area contributed by atoms with Crippen molar-refractivity contribution in [2.24, 2.45) is 0 Å². The van der Waals surface area contributed by atoms with Gasteiger partial charge in [0.05, 0.1) is 0 Å². The Morgan fingerprint density at radius 3 is 2.04 bits per heavy atom. The summed E-state index contributed by atoms with van der Waals surface area (Å²) < 4.78 is 5.64. The van der Waals surface area contributed by atoms with Gasteiger partial charge in [0.2, 0.25) is 0 Å². The van der Waals surface area contributed by atoms with Crippen molar-refractivity contribution < 1.29 is 4.74 Å². The van der Waals surface area contributed by atoms with Gasteiger partial charge < -0.3 is 4.74 Å². The molecule has 0 unspecified atom stereocenters. The summed E-state index contributed by atoms with van der Waals surface area (Å²) in [5, 5.41) is 0. The minimum absolute atomic E-state index is 0.615. The van der Waals surface area contributed by atoms with Crippen molar-refractivity contribution in [2.75, 3.05) is 6.61 Å². The minimum Gasteiger partial charge on any atom is -0.490 e. The van der Waals surface area contributed by atoms with Crippen molar-refractivity contribution in [3.63, 3.8) is 0 Å². The fourth-order valence-corrected chi connectivity index (χ4v) is 2.49. The van der Waals surface area contributed by atoms with Crippen molar-refractivity contribution in [3.05, 3.63) is 77.4 Å². The van der Waals surface area contributed by atoms with Gasteiger partial charge in [0.25, 0.3) is 0 Å². The Hall–Kier alpha value is -2.46. The zero-order chi connectivity index (χ0) is 17.7. The third kappa shape index (κ3) is 7.31. The highest BCUT2D eigenvalue weighted by atomic mass is 16.5. The largest absolute Gasteiger partial charge is 0.490 e. The Kier molecular flexibility index (Phi) is 8.42. The third-order valence-electron chi connectivity index (χ3n) is 3.98. The van der Waals surface area contributed by atoms with E-state index in [0.29, 0.717) is 6.61 Å². The summed E-state index contributed by atoms with van der Waals surface area (Å²) in [6.07, 6.45) is 10.2. The van der Waals surface area contributed by atoms with Gasteiger partial charge in [-0.05, 0) is 61.2 Å². The van der Waals surface area contributed by atoms with Crippen LogP contribution in [-0.4, -0.2) is 6.61 Å². The predicted octanol–water partition coefficient (Wildman–Crippen LogP) is 6.16. The Labute approximate surface area is 152 Å². The zero-order valence-electron chi connectivity index (χ0n) is 15.4. The van der Waals surface area contributed by atoms with E-state index in [0.717, 1.165) is 29.7 Å². The van der Waals surface area contributed by atoms with Gasteiger partial charge in [0, 0.05) is 11.1 Å². The summed E-state index contributed by atoms with van der Waals surface area (Å²) in [6, 6.07) is 16.6. The lowest BCUT2D eigenvalue weighted by Crippen LogP contribution is -1.92. The van der Waals surface area contributed by atoms with E-state index in [-0.39, 0.29) is 0 Å². The molecule has 0 radical (unpaired) electrons. The second-order valence-electron chi connectivity index (χ2n) is 6.12. The van der Waals surface area contributed by atoms with Crippen LogP contribution in [0.1, 0.15) is 56.2 Å². The minimum atomic E-state index is 0.615. The molecule has 25 heavy (non-hydrogen) atoms. The Morgan fingerprint density at radius 2 is 1.44 bits per heavy atom. The molecular weight excluding hydrogens is 304 g/mol. The highest BCUT2D eigenvalue weighted by Gasteiger charge is 1.94. The molecule has 1 nitrogen and oxygen atoms in total. The second kappa shape index (κ2) is 11.2. The van der Waals surface area contributed by atoms with Crippen molar-refractivity contribution in [3.8, 4) is 17.6 Å². The van der Waals surface area contributed by atoms with Crippen molar-refractivity contribution in [2.45, 2.75) is 46.0 Å². The first-order valence-corrected chi connectivity index (χ1v) is 9.30. The van der Waals surface area contributed by atoms with E-state index < -0.39 is 0 Å². The van der Waals surface area contributed by atoms with Crippen LogP contribution < -0.4 is 4.74 Å². The second-order valence-corrected chi connectivity index (χ2v) is 6.12. The SMILES string of the molecule is CCC=CCOc1ccc(C#Cc2ccc(CCCCC)cc2)cc1. The van der Waals surface area contributed by atoms with Gasteiger partial charge in [-0.1, -0.05) is 62.8 Å². The van der Waals surface area contributed by atoms with Crippen LogP contribution in [-0.2, 0) is 6.42 Å². The molecule has 0 aliphatic heterocycles. The van der Waals surface area contributed by atoms with Crippen molar-refractivity contribution in [1.82, 2.24) is 0 Å². The number of hydrogen-bond donors (Lipinski definition) is 0. The van der Waals surface area contributed by atoms with E-state index in [2.05, 4.69) is 56.0 Å². The van der Waals surface area contributed by atoms with Gasteiger partial charge >= 0.3 is 0 Å². The molecule has 0 amide bonds. The summed E-state index contributed by atoms with van der Waals surface area (Å²) in [5.41, 5.74) is 3.46. The number of aryl methyl sites for hydroxylation is 1. The van der Waals surface area contributed by atoms with E-state index >= 15 is 0 Å². The standard InChI is InChI=1S/C24H28O/c1-3-5-7-9-21-10-12-22(13-11-21)14-15-23-16-18-24(19-17-23)25-20-8-6-4-2/h6,8,10-13,16-19H,3-5,7,9,20H2,1-2H3. The molecule has 0 bridgehead atoms. The van der Waals surface area contributed by atoms with Crippen LogP contribution in [0.15, 0.2) is 60.7 Å². The molecule has 0 spiro atoms. The summed E-state index contributed by atoms with van der Waals surface area (Å²) in [7, 11) is 0. The first kappa shape index (κ1) is 18.9. The normalized spacial score (nSPS) is 10.5. The number of rotatable bonds is 8. The van der Waals surface area contributed by atoms with Gasteiger partial charge in [0.1, 0.15) is 12.4 Å². The number of benzene rings is 2. The summed E-state index contributed by atoms with van der Waals surface area (Å²) in [4.78, 5) is 0. The monoisotopic (exact) mass is 332 g/mol. The van der Waals surface area contributed by atoms with Gasteiger partial charge in [0.15, 0.2) is 0 Å². The van der Waals surface area contributed by atoms with Crippen LogP contribution in [0.3, 0.4) is 0 Å². The van der Waals surface area contributed by atoms with E-state index in [1.165, 1.54) is 24.8 Å². The molecule has 130 valence electrons. The van der Waals surface area contributed by atoms with Crippen LogP contribution in [0, 0.1) is 11.8 Å². The molecule has 0 saturated carbocycles. The lowest BCUT2D eigenvalue weighted by Gasteiger charge is -2.02. The van der Waals surface area contributed by atoms with Crippen LogP contribution >= 0.6 is 0 Å². The quantitative estimate of drug-likeness (QED) is 0.319. The summed E-state index contributed by atoms with van der Waals surface area (Å²) in [5.74, 6) is 7.33. The van der Waals surface area contributed by atoms with Gasteiger partial charge in [-0.3, -0.25) is 0 Å². The molecule has 2 aromatic carbocycles. The van der Waals surface area contributed by atoms with E-state index in [4.69, 9.17) is 4.74 Å². The van der Waals surface area contributed by atoms with E-state index in [9.17, 15) is 0 Å². The molecule has 0 aliphatic rings. The molecule has 0 fully saturated rings. The first-order valence-electron chi connectivity index (χ1n) is 9.30. The summed E-state index contributed by atoms with van der Waals surface area (Å²) >= 11 is 0. The van der Waals surface area contributed by atoms with E-state index in [1.54, 1.807) is 0 Å². The molecule has 0 aromatic heterocycles. The number of hydrogen-bond acceptors (Lipinski definition) is 1. The highest BCUT2D eigenvalue weighted by Crippen LogP contribution is 2.12. The average molecular weight is 332 g/mol. The smallest absolute Gasteiger partial charge is 0.119 e. The van der Waals surface area contributed by atoms with Gasteiger partial charge in [-0.15, -0.1) is 0 Å².